The summed E-state index contributed by atoms with van der Waals surface area (Å²) in [5.74, 6) is -0.581. The molecular weight excluding hydrogens is 257 g/mol. The molecule has 0 aromatic heterocycles. The van der Waals surface area contributed by atoms with E-state index in [1.165, 1.54) is 23.1 Å². The predicted molar refractivity (Wildman–Crippen MR) is 75.0 cm³/mol. The topological polar surface area (TPSA) is 70.1 Å². The number of nitriles is 1. The van der Waals surface area contributed by atoms with Gasteiger partial charge in [-0.1, -0.05) is 20.3 Å². The fraction of sp³-hybridized carbons (Fsp3) is 0.467. The summed E-state index contributed by atoms with van der Waals surface area (Å²) in [6, 6.07) is 5.46. The van der Waals surface area contributed by atoms with Crippen molar-refractivity contribution in [1.29, 1.82) is 5.26 Å². The van der Waals surface area contributed by atoms with Crippen LogP contribution in [0.4, 0.5) is 4.39 Å². The lowest BCUT2D eigenvalue weighted by Crippen LogP contribution is -2.45. The van der Waals surface area contributed by atoms with Crippen LogP contribution >= 0.6 is 0 Å². The van der Waals surface area contributed by atoms with Gasteiger partial charge in [-0.2, -0.15) is 5.26 Å². The summed E-state index contributed by atoms with van der Waals surface area (Å²) >= 11 is 0. The van der Waals surface area contributed by atoms with Crippen LogP contribution < -0.4 is 5.73 Å². The zero-order valence-electron chi connectivity index (χ0n) is 12.1. The molecule has 0 fully saturated rings. The molecule has 0 heterocycles. The summed E-state index contributed by atoms with van der Waals surface area (Å²) in [6.45, 7) is 3.98. The highest BCUT2D eigenvalue weighted by molar-refractivity contribution is 5.81. The summed E-state index contributed by atoms with van der Waals surface area (Å²) in [7, 11) is 1.59. The molecule has 2 atom stereocenters. The van der Waals surface area contributed by atoms with Crippen molar-refractivity contribution in [2.45, 2.75) is 32.9 Å². The third kappa shape index (κ3) is 3.78. The van der Waals surface area contributed by atoms with E-state index < -0.39 is 11.9 Å². The number of rotatable bonds is 5. The van der Waals surface area contributed by atoms with E-state index in [1.54, 1.807) is 7.05 Å². The average Bonchev–Trinajstić information content (AvgIpc) is 2.46. The van der Waals surface area contributed by atoms with Crippen LogP contribution in [0.3, 0.4) is 0 Å². The van der Waals surface area contributed by atoms with Crippen molar-refractivity contribution < 1.29 is 9.18 Å². The first-order valence-electron chi connectivity index (χ1n) is 6.59. The first-order valence-corrected chi connectivity index (χ1v) is 6.59. The molecule has 1 aromatic rings. The lowest BCUT2D eigenvalue weighted by atomic mass is 9.99. The molecule has 0 aliphatic carbocycles. The molecule has 4 nitrogen and oxygen atoms in total. The first-order chi connectivity index (χ1) is 9.40. The maximum absolute atomic E-state index is 13.7. The third-order valence-corrected chi connectivity index (χ3v) is 3.50. The zero-order valence-corrected chi connectivity index (χ0v) is 12.1. The molecule has 1 amide bonds. The standard InChI is InChI=1S/C15H20FN3O/c1-4-10(2)14(18)15(20)19(3)9-12-7-11(8-17)5-6-13(12)16/h5-7,10,14H,4,9,18H2,1-3H3/t10?,14-/m0/s1. The van der Waals surface area contributed by atoms with Gasteiger partial charge in [-0.3, -0.25) is 4.79 Å². The van der Waals surface area contributed by atoms with E-state index in [-0.39, 0.29) is 18.4 Å². The SMILES string of the molecule is CCC(C)[C@H](N)C(=O)N(C)Cc1cc(C#N)ccc1F. The van der Waals surface area contributed by atoms with Gasteiger partial charge in [0.05, 0.1) is 17.7 Å². The molecule has 1 aromatic carbocycles. The number of carbonyl (C=O) groups is 1. The number of likely N-dealkylation sites (N-methyl/N-ethyl adjacent to an activating group) is 1. The Morgan fingerprint density at radius 1 is 1.55 bits per heavy atom. The highest BCUT2D eigenvalue weighted by Gasteiger charge is 2.23. The van der Waals surface area contributed by atoms with Crippen molar-refractivity contribution in [2.75, 3.05) is 7.05 Å². The number of hydrogen-bond donors (Lipinski definition) is 1. The quantitative estimate of drug-likeness (QED) is 0.895. The van der Waals surface area contributed by atoms with E-state index in [4.69, 9.17) is 11.0 Å². The number of amides is 1. The van der Waals surface area contributed by atoms with Crippen LogP contribution in [0.2, 0.25) is 0 Å². The van der Waals surface area contributed by atoms with E-state index in [1.807, 2.05) is 19.9 Å². The molecule has 0 aliphatic heterocycles. The molecule has 5 heteroatoms. The van der Waals surface area contributed by atoms with Gasteiger partial charge < -0.3 is 10.6 Å². The number of benzene rings is 1. The monoisotopic (exact) mass is 277 g/mol. The van der Waals surface area contributed by atoms with Gasteiger partial charge in [-0.05, 0) is 24.1 Å². The van der Waals surface area contributed by atoms with Crippen molar-refractivity contribution >= 4 is 5.91 Å². The summed E-state index contributed by atoms with van der Waals surface area (Å²) in [6.07, 6.45) is 0.805. The molecule has 0 radical (unpaired) electrons. The van der Waals surface area contributed by atoms with Gasteiger partial charge in [0.25, 0.3) is 0 Å². The predicted octanol–water partition coefficient (Wildman–Crippen LogP) is 2.03. The fourth-order valence-corrected chi connectivity index (χ4v) is 1.85. The van der Waals surface area contributed by atoms with Gasteiger partial charge in [0.15, 0.2) is 0 Å². The van der Waals surface area contributed by atoms with Crippen molar-refractivity contribution in [3.05, 3.63) is 35.1 Å². The molecule has 2 N–H and O–H groups in total. The number of halogens is 1. The molecule has 108 valence electrons. The summed E-state index contributed by atoms with van der Waals surface area (Å²) in [4.78, 5) is 13.5. The van der Waals surface area contributed by atoms with Crippen molar-refractivity contribution in [3.63, 3.8) is 0 Å². The third-order valence-electron chi connectivity index (χ3n) is 3.50. The van der Waals surface area contributed by atoms with E-state index in [0.717, 1.165) is 6.42 Å². The van der Waals surface area contributed by atoms with E-state index in [0.29, 0.717) is 11.1 Å². The van der Waals surface area contributed by atoms with E-state index in [9.17, 15) is 9.18 Å². The Kier molecular flexibility index (Phi) is 5.66. The molecule has 0 saturated heterocycles. The van der Waals surface area contributed by atoms with Crippen LogP contribution in [0.1, 0.15) is 31.4 Å². The lowest BCUT2D eigenvalue weighted by Gasteiger charge is -2.24. The molecule has 0 bridgehead atoms. The van der Waals surface area contributed by atoms with Gasteiger partial charge in [0.1, 0.15) is 5.82 Å². The molecular formula is C15H20FN3O. The second kappa shape index (κ2) is 7.01. The van der Waals surface area contributed by atoms with Crippen molar-refractivity contribution in [3.8, 4) is 6.07 Å². The van der Waals surface area contributed by atoms with E-state index >= 15 is 0 Å². The second-order valence-electron chi connectivity index (χ2n) is 5.02. The normalized spacial score (nSPS) is 13.4. The molecule has 0 spiro atoms. The Labute approximate surface area is 119 Å². The first kappa shape index (κ1) is 16.1. The van der Waals surface area contributed by atoms with Gasteiger partial charge in [0, 0.05) is 19.2 Å². The maximum atomic E-state index is 13.7. The summed E-state index contributed by atoms with van der Waals surface area (Å²) in [5, 5.41) is 8.82. The zero-order chi connectivity index (χ0) is 15.3. The Balaban J connectivity index is 2.83. The molecule has 1 rings (SSSR count). The van der Waals surface area contributed by atoms with Crippen LogP contribution in [0.15, 0.2) is 18.2 Å². The number of nitrogens with two attached hydrogens (primary N) is 1. The highest BCUT2D eigenvalue weighted by atomic mass is 19.1. The van der Waals surface area contributed by atoms with Gasteiger partial charge >= 0.3 is 0 Å². The molecule has 20 heavy (non-hydrogen) atoms. The van der Waals surface area contributed by atoms with Crippen LogP contribution in [0, 0.1) is 23.1 Å². The Morgan fingerprint density at radius 2 is 2.20 bits per heavy atom. The van der Waals surface area contributed by atoms with E-state index in [2.05, 4.69) is 0 Å². The molecule has 1 unspecified atom stereocenters. The van der Waals surface area contributed by atoms with Crippen LogP contribution in [0.25, 0.3) is 0 Å². The smallest absolute Gasteiger partial charge is 0.239 e. The summed E-state index contributed by atoms with van der Waals surface area (Å²) < 4.78 is 13.7. The van der Waals surface area contributed by atoms with Gasteiger partial charge in [-0.15, -0.1) is 0 Å². The highest BCUT2D eigenvalue weighted by Crippen LogP contribution is 2.14. The largest absolute Gasteiger partial charge is 0.340 e. The Hall–Kier alpha value is -1.93. The number of nitrogens with zero attached hydrogens (tertiary/aromatic N) is 2. The van der Waals surface area contributed by atoms with Crippen LogP contribution in [0.5, 0.6) is 0 Å². The Morgan fingerprint density at radius 3 is 2.75 bits per heavy atom. The van der Waals surface area contributed by atoms with Crippen LogP contribution in [-0.4, -0.2) is 23.9 Å². The fourth-order valence-electron chi connectivity index (χ4n) is 1.85. The minimum absolute atomic E-state index is 0.0697. The average molecular weight is 277 g/mol. The number of hydrogen-bond acceptors (Lipinski definition) is 3. The van der Waals surface area contributed by atoms with Gasteiger partial charge in [0.2, 0.25) is 5.91 Å². The number of carbonyl (C=O) groups excluding carboxylic acids is 1. The lowest BCUT2D eigenvalue weighted by molar-refractivity contribution is -0.133. The molecule has 0 aliphatic rings. The van der Waals surface area contributed by atoms with Crippen LogP contribution in [-0.2, 0) is 11.3 Å². The summed E-state index contributed by atoms with van der Waals surface area (Å²) in [5.41, 5.74) is 6.57. The minimum Gasteiger partial charge on any atom is -0.340 e. The second-order valence-corrected chi connectivity index (χ2v) is 5.02. The minimum atomic E-state index is -0.591. The van der Waals surface area contributed by atoms with Gasteiger partial charge in [-0.25, -0.2) is 4.39 Å². The van der Waals surface area contributed by atoms with Crippen molar-refractivity contribution in [2.24, 2.45) is 11.7 Å². The van der Waals surface area contributed by atoms with Crippen molar-refractivity contribution in [1.82, 2.24) is 4.90 Å². The molecule has 0 saturated carbocycles. The Bertz CT molecular complexity index is 524. The maximum Gasteiger partial charge on any atom is 0.239 e.